The smallest absolute Gasteiger partial charge is 0.373 e. The topological polar surface area (TPSA) is 51.4 Å². The Hall–Kier alpha value is -2.71. The van der Waals surface area contributed by atoms with Crippen molar-refractivity contribution in [3.05, 3.63) is 83.0 Å². The van der Waals surface area contributed by atoms with Gasteiger partial charge in [-0.3, -0.25) is 4.90 Å². The zero-order valence-corrected chi connectivity index (χ0v) is 17.0. The Labute approximate surface area is 178 Å². The summed E-state index contributed by atoms with van der Waals surface area (Å²) in [7, 11) is 0. The lowest BCUT2D eigenvalue weighted by Crippen LogP contribution is -2.36. The lowest BCUT2D eigenvalue weighted by atomic mass is 10.1. The van der Waals surface area contributed by atoms with E-state index in [9.17, 15) is 13.2 Å². The number of alkyl halides is 3. The third-order valence-corrected chi connectivity index (χ3v) is 5.35. The molecule has 1 fully saturated rings. The molecule has 0 atom stereocenters. The molecule has 31 heavy (non-hydrogen) atoms. The van der Waals surface area contributed by atoms with Crippen molar-refractivity contribution in [2.75, 3.05) is 13.1 Å². The Morgan fingerprint density at radius 3 is 2.48 bits per heavy atom. The SMILES string of the molecule is FC(F)(F)c1cccc(Cc2noc(CN3CCC(OCc4ccccc4)CC3)n2)c1. The van der Waals surface area contributed by atoms with Crippen LogP contribution in [0.5, 0.6) is 0 Å². The minimum Gasteiger partial charge on any atom is -0.373 e. The van der Waals surface area contributed by atoms with Crippen molar-refractivity contribution in [3.8, 4) is 0 Å². The molecule has 1 aliphatic rings. The predicted octanol–water partition coefficient (Wildman–Crippen LogP) is 4.86. The van der Waals surface area contributed by atoms with Crippen LogP contribution in [0.3, 0.4) is 0 Å². The van der Waals surface area contributed by atoms with Gasteiger partial charge in [0.05, 0.1) is 24.8 Å². The van der Waals surface area contributed by atoms with Gasteiger partial charge in [-0.2, -0.15) is 18.2 Å². The van der Waals surface area contributed by atoms with Gasteiger partial charge in [-0.05, 0) is 30.0 Å². The summed E-state index contributed by atoms with van der Waals surface area (Å²) in [5.41, 5.74) is 0.994. The standard InChI is InChI=1S/C23H24F3N3O2/c24-23(25,26)19-8-4-7-18(13-19)14-21-27-22(31-28-21)15-29-11-9-20(10-12-29)30-16-17-5-2-1-3-6-17/h1-8,13,20H,9-12,14-16H2. The van der Waals surface area contributed by atoms with Gasteiger partial charge in [0.1, 0.15) is 0 Å². The Bertz CT molecular complexity index is 967. The summed E-state index contributed by atoms with van der Waals surface area (Å²) < 4.78 is 49.9. The Balaban J connectivity index is 1.24. The fourth-order valence-electron chi connectivity index (χ4n) is 3.68. The fourth-order valence-corrected chi connectivity index (χ4v) is 3.68. The van der Waals surface area contributed by atoms with Crippen molar-refractivity contribution in [1.29, 1.82) is 0 Å². The quantitative estimate of drug-likeness (QED) is 0.535. The maximum absolute atomic E-state index is 12.9. The average Bonchev–Trinajstić information content (AvgIpc) is 3.20. The summed E-state index contributed by atoms with van der Waals surface area (Å²) in [6.45, 7) is 2.88. The molecular formula is C23H24F3N3O2. The van der Waals surface area contributed by atoms with Crippen LogP contribution in [0.1, 0.15) is 41.2 Å². The summed E-state index contributed by atoms with van der Waals surface area (Å²) in [6, 6.07) is 15.3. The van der Waals surface area contributed by atoms with E-state index < -0.39 is 11.7 Å². The van der Waals surface area contributed by atoms with Gasteiger partial charge in [0.25, 0.3) is 0 Å². The summed E-state index contributed by atoms with van der Waals surface area (Å²) in [5, 5.41) is 3.93. The molecular weight excluding hydrogens is 407 g/mol. The molecule has 0 unspecified atom stereocenters. The van der Waals surface area contributed by atoms with Crippen LogP contribution in [-0.4, -0.2) is 34.2 Å². The molecule has 164 valence electrons. The molecule has 1 aromatic heterocycles. The van der Waals surface area contributed by atoms with E-state index in [1.54, 1.807) is 6.07 Å². The van der Waals surface area contributed by atoms with Gasteiger partial charge in [-0.1, -0.05) is 53.7 Å². The first-order valence-corrected chi connectivity index (χ1v) is 10.3. The van der Waals surface area contributed by atoms with E-state index in [1.807, 2.05) is 18.2 Å². The molecule has 0 saturated carbocycles. The molecule has 5 nitrogen and oxygen atoms in total. The molecule has 2 heterocycles. The van der Waals surface area contributed by atoms with Gasteiger partial charge in [0.15, 0.2) is 5.82 Å². The second-order valence-corrected chi connectivity index (χ2v) is 7.75. The van der Waals surface area contributed by atoms with Crippen LogP contribution < -0.4 is 0 Å². The third-order valence-electron chi connectivity index (χ3n) is 5.35. The third kappa shape index (κ3) is 6.15. The summed E-state index contributed by atoms with van der Waals surface area (Å²) in [6.07, 6.45) is -2.08. The predicted molar refractivity (Wildman–Crippen MR) is 108 cm³/mol. The van der Waals surface area contributed by atoms with E-state index >= 15 is 0 Å². The average molecular weight is 431 g/mol. The van der Waals surface area contributed by atoms with E-state index in [0.29, 0.717) is 30.4 Å². The van der Waals surface area contributed by atoms with Gasteiger partial charge in [0, 0.05) is 19.5 Å². The number of ether oxygens (including phenoxy) is 1. The van der Waals surface area contributed by atoms with Crippen LogP contribution >= 0.6 is 0 Å². The van der Waals surface area contributed by atoms with E-state index in [0.717, 1.165) is 38.1 Å². The lowest BCUT2D eigenvalue weighted by Gasteiger charge is -2.30. The minimum atomic E-state index is -4.37. The van der Waals surface area contributed by atoms with Crippen LogP contribution in [0.15, 0.2) is 59.1 Å². The molecule has 0 amide bonds. The first-order chi connectivity index (χ1) is 15.0. The van der Waals surface area contributed by atoms with Crippen LogP contribution in [-0.2, 0) is 30.5 Å². The summed E-state index contributed by atoms with van der Waals surface area (Å²) >= 11 is 0. The van der Waals surface area contributed by atoms with E-state index in [1.165, 1.54) is 11.6 Å². The highest BCUT2D eigenvalue weighted by Gasteiger charge is 2.30. The van der Waals surface area contributed by atoms with Crippen molar-refractivity contribution < 1.29 is 22.4 Å². The van der Waals surface area contributed by atoms with Crippen LogP contribution in [0.25, 0.3) is 0 Å². The highest BCUT2D eigenvalue weighted by molar-refractivity contribution is 5.27. The Morgan fingerprint density at radius 2 is 1.74 bits per heavy atom. The van der Waals surface area contributed by atoms with Gasteiger partial charge in [-0.25, -0.2) is 0 Å². The van der Waals surface area contributed by atoms with Crippen molar-refractivity contribution in [3.63, 3.8) is 0 Å². The number of likely N-dealkylation sites (tertiary alicyclic amines) is 1. The number of aromatic nitrogens is 2. The molecule has 1 aliphatic heterocycles. The van der Waals surface area contributed by atoms with Crippen LogP contribution in [0.2, 0.25) is 0 Å². The highest BCUT2D eigenvalue weighted by Crippen LogP contribution is 2.29. The number of rotatable bonds is 7. The first-order valence-electron chi connectivity index (χ1n) is 10.3. The molecule has 0 spiro atoms. The molecule has 2 aromatic carbocycles. The number of piperidine rings is 1. The second-order valence-electron chi connectivity index (χ2n) is 7.75. The lowest BCUT2D eigenvalue weighted by molar-refractivity contribution is -0.137. The second kappa shape index (κ2) is 9.62. The first kappa shape index (κ1) is 21.5. The Morgan fingerprint density at radius 1 is 1.00 bits per heavy atom. The van der Waals surface area contributed by atoms with Gasteiger partial charge in [-0.15, -0.1) is 0 Å². The molecule has 8 heteroatoms. The largest absolute Gasteiger partial charge is 0.416 e. The van der Waals surface area contributed by atoms with Crippen LogP contribution in [0, 0.1) is 0 Å². The van der Waals surface area contributed by atoms with Gasteiger partial charge >= 0.3 is 6.18 Å². The van der Waals surface area contributed by atoms with Crippen LogP contribution in [0.4, 0.5) is 13.2 Å². The molecule has 0 radical (unpaired) electrons. The summed E-state index contributed by atoms with van der Waals surface area (Å²) in [5.74, 6) is 0.862. The normalized spacial score (nSPS) is 16.0. The van der Waals surface area contributed by atoms with Gasteiger partial charge in [0.2, 0.25) is 5.89 Å². The van der Waals surface area contributed by atoms with Crippen molar-refractivity contribution in [2.45, 2.75) is 44.7 Å². The fraction of sp³-hybridized carbons (Fsp3) is 0.391. The molecule has 0 aliphatic carbocycles. The minimum absolute atomic E-state index is 0.197. The number of halogens is 3. The number of nitrogens with zero attached hydrogens (tertiary/aromatic N) is 3. The maximum Gasteiger partial charge on any atom is 0.416 e. The van der Waals surface area contributed by atoms with Crippen molar-refractivity contribution >= 4 is 0 Å². The zero-order valence-electron chi connectivity index (χ0n) is 17.0. The van der Waals surface area contributed by atoms with Crippen molar-refractivity contribution in [1.82, 2.24) is 15.0 Å². The number of hydrogen-bond donors (Lipinski definition) is 0. The van der Waals surface area contributed by atoms with E-state index in [4.69, 9.17) is 9.26 Å². The molecule has 3 aromatic rings. The summed E-state index contributed by atoms with van der Waals surface area (Å²) in [4.78, 5) is 6.58. The number of hydrogen-bond acceptors (Lipinski definition) is 5. The molecule has 0 N–H and O–H groups in total. The molecule has 0 bridgehead atoms. The zero-order chi connectivity index (χ0) is 21.7. The monoisotopic (exact) mass is 431 g/mol. The Kier molecular flexibility index (Phi) is 6.67. The molecule has 1 saturated heterocycles. The van der Waals surface area contributed by atoms with Crippen molar-refractivity contribution in [2.24, 2.45) is 0 Å². The van der Waals surface area contributed by atoms with Gasteiger partial charge < -0.3 is 9.26 Å². The molecule has 4 rings (SSSR count). The van der Waals surface area contributed by atoms with E-state index in [2.05, 4.69) is 27.2 Å². The van der Waals surface area contributed by atoms with E-state index in [-0.39, 0.29) is 12.5 Å². The maximum atomic E-state index is 12.9. The number of benzene rings is 2. The highest BCUT2D eigenvalue weighted by atomic mass is 19.4.